The molecular formula is C40H58N4O5. The molecule has 1 aliphatic heterocycles. The number of tetrazole rings is 1. The van der Waals surface area contributed by atoms with Crippen molar-refractivity contribution in [3.05, 3.63) is 24.3 Å². The number of rotatable bonds is 6. The number of esters is 1. The quantitative estimate of drug-likeness (QED) is 0.285. The van der Waals surface area contributed by atoms with Gasteiger partial charge in [-0.2, -0.15) is 0 Å². The van der Waals surface area contributed by atoms with E-state index in [2.05, 4.69) is 70.9 Å². The normalized spacial score (nSPS) is 40.9. The van der Waals surface area contributed by atoms with Crippen molar-refractivity contribution >= 4 is 11.8 Å². The molecule has 1 aromatic heterocycles. The van der Waals surface area contributed by atoms with Crippen LogP contribution >= 0.6 is 0 Å². The number of hydrogen-bond donors (Lipinski definition) is 0. The van der Waals surface area contributed by atoms with Crippen LogP contribution < -0.4 is 4.74 Å². The highest BCUT2D eigenvalue weighted by Gasteiger charge is 2.72. The molecule has 49 heavy (non-hydrogen) atoms. The van der Waals surface area contributed by atoms with Crippen LogP contribution in [0.2, 0.25) is 0 Å². The SMILES string of the molecule is COc1ccc(-c2nnnn2CC(=O)O[C@@H]2C[C@@H]3[C@@]4(C)CCC(=O)C(C)(C)[C@@H]4CC[C@@]3(C)[C@]3(C)CC[C@H]([C@@]4(C)CCCC(C)(C)O4)[C@@H]23)cc1. The number of aromatic nitrogens is 4. The van der Waals surface area contributed by atoms with Crippen molar-refractivity contribution < 1.29 is 23.8 Å². The van der Waals surface area contributed by atoms with Gasteiger partial charge in [-0.25, -0.2) is 4.68 Å². The summed E-state index contributed by atoms with van der Waals surface area (Å²) in [4.78, 5) is 27.5. The summed E-state index contributed by atoms with van der Waals surface area (Å²) in [5, 5.41) is 12.4. The maximum atomic E-state index is 14.1. The highest BCUT2D eigenvalue weighted by molar-refractivity contribution is 5.85. The molecule has 9 nitrogen and oxygen atoms in total. The third-order valence-corrected chi connectivity index (χ3v) is 15.3. The first-order valence-electron chi connectivity index (χ1n) is 18.8. The molecule has 9 atom stereocenters. The lowest BCUT2D eigenvalue weighted by molar-refractivity contribution is -0.252. The lowest BCUT2D eigenvalue weighted by Crippen LogP contribution is -2.67. The zero-order valence-corrected chi connectivity index (χ0v) is 31.3. The number of nitrogens with zero attached hydrogens (tertiary/aromatic N) is 4. The molecule has 268 valence electrons. The third-order valence-electron chi connectivity index (χ3n) is 15.3. The van der Waals surface area contributed by atoms with Gasteiger partial charge in [0.25, 0.3) is 0 Å². The second-order valence-corrected chi connectivity index (χ2v) is 18.5. The molecule has 0 bridgehead atoms. The van der Waals surface area contributed by atoms with Gasteiger partial charge in [-0.1, -0.05) is 34.6 Å². The van der Waals surface area contributed by atoms with Crippen LogP contribution in [0, 0.1) is 45.3 Å². The molecule has 0 unspecified atom stereocenters. The molecule has 2 aromatic rings. The smallest absolute Gasteiger partial charge is 0.328 e. The number of carbonyl (C=O) groups excluding carboxylic acids is 2. The summed E-state index contributed by atoms with van der Waals surface area (Å²) in [7, 11) is 1.63. The van der Waals surface area contributed by atoms with E-state index >= 15 is 0 Å². The second kappa shape index (κ2) is 11.6. The topological polar surface area (TPSA) is 105 Å². The largest absolute Gasteiger partial charge is 0.497 e. The fraction of sp³-hybridized carbons (Fsp3) is 0.775. The van der Waals surface area contributed by atoms with Gasteiger partial charge in [0.05, 0.1) is 18.3 Å². The highest BCUT2D eigenvalue weighted by Crippen LogP contribution is 2.76. The van der Waals surface area contributed by atoms with Crippen molar-refractivity contribution in [3.8, 4) is 17.1 Å². The van der Waals surface area contributed by atoms with Gasteiger partial charge in [0.15, 0.2) is 5.82 Å². The fourth-order valence-corrected chi connectivity index (χ4v) is 12.8. The van der Waals surface area contributed by atoms with E-state index in [-0.39, 0.29) is 63.3 Å². The van der Waals surface area contributed by atoms with Gasteiger partial charge in [-0.3, -0.25) is 9.59 Å². The van der Waals surface area contributed by atoms with Gasteiger partial charge < -0.3 is 14.2 Å². The molecule has 4 saturated carbocycles. The van der Waals surface area contributed by atoms with E-state index in [1.54, 1.807) is 11.8 Å². The van der Waals surface area contributed by atoms with Crippen LogP contribution in [0.25, 0.3) is 11.4 Å². The zero-order chi connectivity index (χ0) is 35.2. The Balaban J connectivity index is 1.24. The molecule has 0 spiro atoms. The van der Waals surface area contributed by atoms with Gasteiger partial charge in [-0.15, -0.1) is 5.10 Å². The van der Waals surface area contributed by atoms with Crippen molar-refractivity contribution in [3.63, 3.8) is 0 Å². The molecule has 7 rings (SSSR count). The number of ether oxygens (including phenoxy) is 3. The van der Waals surface area contributed by atoms with Crippen molar-refractivity contribution in [2.75, 3.05) is 7.11 Å². The van der Waals surface area contributed by atoms with E-state index in [9.17, 15) is 9.59 Å². The Hall–Kier alpha value is -2.81. The van der Waals surface area contributed by atoms with Crippen LogP contribution in [0.15, 0.2) is 24.3 Å². The number of benzene rings is 1. The van der Waals surface area contributed by atoms with Crippen LogP contribution in [-0.2, 0) is 25.6 Å². The third kappa shape index (κ3) is 5.29. The standard InChI is InChI=1S/C40H58N4O5/c1-35(2)18-10-19-40(8,49-35)27-15-21-39(7)33(27)28(23-30-37(5)20-17-31(45)36(3,4)29(37)16-22-38(30,39)6)48-32(46)24-44-34(41-42-43-44)25-11-13-26(47-9)14-12-25/h11-14,27-30,33H,10,15-24H2,1-9H3/t27-,28+,29-,30+,33-,37-,38+,39+,40+/m0/s1. The first-order valence-corrected chi connectivity index (χ1v) is 18.8. The van der Waals surface area contributed by atoms with Crippen molar-refractivity contribution in [1.29, 1.82) is 0 Å². The maximum absolute atomic E-state index is 14.1. The number of methoxy groups -OCH3 is 1. The van der Waals surface area contributed by atoms with Gasteiger partial charge in [0, 0.05) is 23.3 Å². The molecule has 0 N–H and O–H groups in total. The number of carbonyl (C=O) groups is 2. The summed E-state index contributed by atoms with van der Waals surface area (Å²) in [6.07, 6.45) is 9.69. The van der Waals surface area contributed by atoms with Crippen molar-refractivity contribution in [2.45, 2.75) is 143 Å². The fourth-order valence-electron chi connectivity index (χ4n) is 12.8. The van der Waals surface area contributed by atoms with E-state index < -0.39 is 0 Å². The average molecular weight is 675 g/mol. The zero-order valence-electron chi connectivity index (χ0n) is 31.3. The van der Waals surface area contributed by atoms with E-state index in [1.165, 1.54) is 0 Å². The predicted molar refractivity (Wildman–Crippen MR) is 186 cm³/mol. The number of hydrogen-bond acceptors (Lipinski definition) is 8. The molecule has 4 aliphatic carbocycles. The monoisotopic (exact) mass is 674 g/mol. The Bertz CT molecular complexity index is 1600. The first kappa shape index (κ1) is 34.6. The van der Waals surface area contributed by atoms with E-state index in [0.717, 1.165) is 69.1 Å². The number of fused-ring (bicyclic) bond motifs is 5. The highest BCUT2D eigenvalue weighted by atomic mass is 16.5. The number of ketones is 1. The lowest BCUT2D eigenvalue weighted by atomic mass is 9.35. The summed E-state index contributed by atoms with van der Waals surface area (Å²) in [5.41, 5.74) is 0.0152. The molecule has 2 heterocycles. The van der Waals surface area contributed by atoms with Gasteiger partial charge >= 0.3 is 5.97 Å². The summed E-state index contributed by atoms with van der Waals surface area (Å²) in [6, 6.07) is 7.51. The molecule has 9 heteroatoms. The van der Waals surface area contributed by atoms with Crippen LogP contribution in [0.1, 0.15) is 120 Å². The Labute approximate surface area is 292 Å². The van der Waals surface area contributed by atoms with Crippen LogP contribution in [0.3, 0.4) is 0 Å². The molecule has 5 aliphatic rings. The molecule has 5 fully saturated rings. The molecule has 0 amide bonds. The van der Waals surface area contributed by atoms with Crippen LogP contribution in [-0.4, -0.2) is 56.4 Å². The lowest BCUT2D eigenvalue weighted by Gasteiger charge is -2.70. The summed E-state index contributed by atoms with van der Waals surface area (Å²) in [6.45, 7) is 18.7. The average Bonchev–Trinajstić information content (AvgIpc) is 3.65. The Morgan fingerprint density at radius 3 is 2.33 bits per heavy atom. The second-order valence-electron chi connectivity index (χ2n) is 18.5. The predicted octanol–water partition coefficient (Wildman–Crippen LogP) is 7.86. The Morgan fingerprint density at radius 1 is 0.918 bits per heavy atom. The minimum absolute atomic E-state index is 0.00821. The minimum Gasteiger partial charge on any atom is -0.497 e. The molecule has 0 radical (unpaired) electrons. The van der Waals surface area contributed by atoms with E-state index in [1.807, 2.05) is 24.3 Å². The first-order chi connectivity index (χ1) is 23.0. The Morgan fingerprint density at radius 2 is 1.63 bits per heavy atom. The van der Waals surface area contributed by atoms with E-state index in [4.69, 9.17) is 14.2 Å². The summed E-state index contributed by atoms with van der Waals surface area (Å²) < 4.78 is 20.7. The van der Waals surface area contributed by atoms with Gasteiger partial charge in [0.2, 0.25) is 0 Å². The maximum Gasteiger partial charge on any atom is 0.328 e. The summed E-state index contributed by atoms with van der Waals surface area (Å²) in [5.74, 6) is 2.46. The summed E-state index contributed by atoms with van der Waals surface area (Å²) >= 11 is 0. The molecular weight excluding hydrogens is 616 g/mol. The minimum atomic E-state index is -0.344. The van der Waals surface area contributed by atoms with Gasteiger partial charge in [0.1, 0.15) is 24.2 Å². The Kier molecular flexibility index (Phi) is 8.20. The van der Waals surface area contributed by atoms with Crippen LogP contribution in [0.5, 0.6) is 5.75 Å². The number of Topliss-reactive ketones (excluding diaryl/α,β-unsaturated/α-hetero) is 1. The van der Waals surface area contributed by atoms with Gasteiger partial charge in [-0.05, 0) is 147 Å². The molecule has 1 aromatic carbocycles. The van der Waals surface area contributed by atoms with Crippen molar-refractivity contribution in [2.24, 2.45) is 45.3 Å². The van der Waals surface area contributed by atoms with Crippen LogP contribution in [0.4, 0.5) is 0 Å². The van der Waals surface area contributed by atoms with Crippen molar-refractivity contribution in [1.82, 2.24) is 20.2 Å². The molecule has 1 saturated heterocycles. The van der Waals surface area contributed by atoms with E-state index in [0.29, 0.717) is 29.9 Å².